The van der Waals surface area contributed by atoms with Gasteiger partial charge < -0.3 is 9.64 Å². The summed E-state index contributed by atoms with van der Waals surface area (Å²) in [6.07, 6.45) is 7.40. The predicted molar refractivity (Wildman–Crippen MR) is 70.1 cm³/mol. The Kier molecular flexibility index (Phi) is 2.79. The Morgan fingerprint density at radius 3 is 2.71 bits per heavy atom. The molecular weight excluding hydrogens is 210 g/mol. The molecule has 0 amide bonds. The molecule has 1 fully saturated rings. The number of allylic oxidation sites excluding steroid dienone is 1. The summed E-state index contributed by atoms with van der Waals surface area (Å²) in [5.41, 5.74) is 4.33. The van der Waals surface area contributed by atoms with Gasteiger partial charge in [0.15, 0.2) is 0 Å². The molecule has 1 saturated heterocycles. The van der Waals surface area contributed by atoms with Crippen LogP contribution < -0.4 is 4.74 Å². The van der Waals surface area contributed by atoms with Crippen LogP contribution in [0.4, 0.5) is 0 Å². The van der Waals surface area contributed by atoms with Gasteiger partial charge in [0, 0.05) is 18.8 Å². The van der Waals surface area contributed by atoms with Gasteiger partial charge in [0.25, 0.3) is 0 Å². The number of benzene rings is 1. The van der Waals surface area contributed by atoms with Crippen LogP contribution in [0.15, 0.2) is 23.9 Å². The van der Waals surface area contributed by atoms with E-state index in [9.17, 15) is 0 Å². The second-order valence-electron chi connectivity index (χ2n) is 4.89. The quantitative estimate of drug-likeness (QED) is 0.772. The van der Waals surface area contributed by atoms with E-state index in [1.165, 1.54) is 49.2 Å². The highest BCUT2D eigenvalue weighted by Crippen LogP contribution is 2.30. The van der Waals surface area contributed by atoms with Gasteiger partial charge in [0.2, 0.25) is 0 Å². The molecule has 0 aromatic heterocycles. The summed E-state index contributed by atoms with van der Waals surface area (Å²) in [5.74, 6) is 0.974. The molecule has 2 heteroatoms. The van der Waals surface area contributed by atoms with Crippen molar-refractivity contribution >= 4 is 6.08 Å². The van der Waals surface area contributed by atoms with Crippen molar-refractivity contribution in [1.82, 2.24) is 4.90 Å². The first kappa shape index (κ1) is 10.7. The molecule has 1 aromatic carbocycles. The fourth-order valence-electron chi connectivity index (χ4n) is 2.83. The van der Waals surface area contributed by atoms with Crippen molar-refractivity contribution in [3.05, 3.63) is 35.0 Å². The molecule has 2 aliphatic rings. The monoisotopic (exact) mass is 229 g/mol. The lowest BCUT2D eigenvalue weighted by atomic mass is 9.94. The minimum Gasteiger partial charge on any atom is -0.497 e. The largest absolute Gasteiger partial charge is 0.497 e. The maximum Gasteiger partial charge on any atom is 0.119 e. The van der Waals surface area contributed by atoms with E-state index in [0.29, 0.717) is 0 Å². The minimum absolute atomic E-state index is 0.974. The number of fused-ring (bicyclic) bond motifs is 1. The van der Waals surface area contributed by atoms with Gasteiger partial charge in [-0.2, -0.15) is 0 Å². The number of aryl methyl sites for hydroxylation is 1. The van der Waals surface area contributed by atoms with Crippen molar-refractivity contribution in [2.45, 2.75) is 25.7 Å². The standard InChI is InChI=1S/C15H19NO/c1-17-15-7-5-12-10-14(6-4-13(12)11-15)16-8-2-3-9-16/h5,7,10-11H,2-4,6,8-9H2,1H3. The number of likely N-dealkylation sites (tertiary alicyclic amines) is 1. The lowest BCUT2D eigenvalue weighted by Crippen LogP contribution is -2.20. The van der Waals surface area contributed by atoms with Gasteiger partial charge in [0.1, 0.15) is 5.75 Å². The third kappa shape index (κ3) is 2.04. The van der Waals surface area contributed by atoms with Crippen molar-refractivity contribution < 1.29 is 4.74 Å². The zero-order valence-corrected chi connectivity index (χ0v) is 10.4. The molecule has 0 N–H and O–H groups in total. The zero-order chi connectivity index (χ0) is 11.7. The number of methoxy groups -OCH3 is 1. The van der Waals surface area contributed by atoms with E-state index < -0.39 is 0 Å². The summed E-state index contributed by atoms with van der Waals surface area (Å²) in [6, 6.07) is 6.41. The molecule has 17 heavy (non-hydrogen) atoms. The summed E-state index contributed by atoms with van der Waals surface area (Å²) in [6.45, 7) is 2.49. The Balaban J connectivity index is 1.88. The second-order valence-corrected chi connectivity index (χ2v) is 4.89. The van der Waals surface area contributed by atoms with E-state index in [2.05, 4.69) is 29.2 Å². The number of hydrogen-bond acceptors (Lipinski definition) is 2. The molecule has 0 bridgehead atoms. The van der Waals surface area contributed by atoms with E-state index in [0.717, 1.165) is 12.2 Å². The Labute approximate surface area is 103 Å². The fourth-order valence-corrected chi connectivity index (χ4v) is 2.83. The van der Waals surface area contributed by atoms with Gasteiger partial charge in [-0.05, 0) is 55.0 Å². The van der Waals surface area contributed by atoms with Crippen LogP contribution in [0.1, 0.15) is 30.4 Å². The molecule has 2 nitrogen and oxygen atoms in total. The predicted octanol–water partition coefficient (Wildman–Crippen LogP) is 3.08. The van der Waals surface area contributed by atoms with E-state index in [1.807, 2.05) is 0 Å². The van der Waals surface area contributed by atoms with E-state index in [-0.39, 0.29) is 0 Å². The zero-order valence-electron chi connectivity index (χ0n) is 10.4. The van der Waals surface area contributed by atoms with Gasteiger partial charge in [-0.25, -0.2) is 0 Å². The molecule has 0 unspecified atom stereocenters. The average molecular weight is 229 g/mol. The summed E-state index contributed by atoms with van der Waals surface area (Å²) >= 11 is 0. The molecule has 0 radical (unpaired) electrons. The fraction of sp³-hybridized carbons (Fsp3) is 0.467. The van der Waals surface area contributed by atoms with Crippen LogP contribution in [0, 0.1) is 0 Å². The molecule has 0 atom stereocenters. The first-order valence-corrected chi connectivity index (χ1v) is 6.49. The van der Waals surface area contributed by atoms with Gasteiger partial charge in [-0.15, -0.1) is 0 Å². The molecule has 0 saturated carbocycles. The van der Waals surface area contributed by atoms with Gasteiger partial charge in [-0.3, -0.25) is 0 Å². The first-order valence-electron chi connectivity index (χ1n) is 6.49. The van der Waals surface area contributed by atoms with Crippen LogP contribution in [0.5, 0.6) is 5.75 Å². The van der Waals surface area contributed by atoms with E-state index in [4.69, 9.17) is 4.74 Å². The van der Waals surface area contributed by atoms with Gasteiger partial charge in [-0.1, -0.05) is 6.07 Å². The van der Waals surface area contributed by atoms with Crippen LogP contribution in [-0.2, 0) is 6.42 Å². The Bertz CT molecular complexity index is 444. The molecule has 1 aliphatic heterocycles. The lowest BCUT2D eigenvalue weighted by molar-refractivity contribution is 0.407. The van der Waals surface area contributed by atoms with Crippen LogP contribution >= 0.6 is 0 Å². The second kappa shape index (κ2) is 4.44. The molecule has 3 rings (SSSR count). The number of nitrogens with zero attached hydrogens (tertiary/aromatic N) is 1. The van der Waals surface area contributed by atoms with Crippen molar-refractivity contribution in [3.8, 4) is 5.75 Å². The smallest absolute Gasteiger partial charge is 0.119 e. The van der Waals surface area contributed by atoms with Crippen LogP contribution in [-0.4, -0.2) is 25.1 Å². The van der Waals surface area contributed by atoms with Crippen LogP contribution in [0.3, 0.4) is 0 Å². The summed E-state index contributed by atoms with van der Waals surface area (Å²) < 4.78 is 5.28. The molecule has 1 aromatic rings. The molecular formula is C15H19NO. The lowest BCUT2D eigenvalue weighted by Gasteiger charge is -2.25. The number of ether oxygens (including phenoxy) is 1. The van der Waals surface area contributed by atoms with Gasteiger partial charge >= 0.3 is 0 Å². The highest BCUT2D eigenvalue weighted by atomic mass is 16.5. The van der Waals surface area contributed by atoms with Gasteiger partial charge in [0.05, 0.1) is 7.11 Å². The maximum absolute atomic E-state index is 5.28. The normalized spacial score (nSPS) is 18.9. The highest BCUT2D eigenvalue weighted by Gasteiger charge is 2.18. The summed E-state index contributed by atoms with van der Waals surface area (Å²) in [5, 5.41) is 0. The summed E-state index contributed by atoms with van der Waals surface area (Å²) in [7, 11) is 1.73. The highest BCUT2D eigenvalue weighted by molar-refractivity contribution is 5.60. The molecule has 1 aliphatic carbocycles. The van der Waals surface area contributed by atoms with E-state index in [1.54, 1.807) is 7.11 Å². The minimum atomic E-state index is 0.974. The SMILES string of the molecule is COc1ccc2c(c1)CCC(N1CCCC1)=C2. The van der Waals surface area contributed by atoms with Crippen molar-refractivity contribution in [3.63, 3.8) is 0 Å². The third-order valence-electron chi connectivity index (χ3n) is 3.83. The average Bonchev–Trinajstić information content (AvgIpc) is 2.91. The number of rotatable bonds is 2. The van der Waals surface area contributed by atoms with Crippen molar-refractivity contribution in [2.75, 3.05) is 20.2 Å². The number of hydrogen-bond donors (Lipinski definition) is 0. The molecule has 0 spiro atoms. The topological polar surface area (TPSA) is 12.5 Å². The summed E-state index contributed by atoms with van der Waals surface area (Å²) in [4.78, 5) is 2.55. The molecule has 1 heterocycles. The third-order valence-corrected chi connectivity index (χ3v) is 3.83. The van der Waals surface area contributed by atoms with Crippen LogP contribution in [0.2, 0.25) is 0 Å². The van der Waals surface area contributed by atoms with Crippen molar-refractivity contribution in [1.29, 1.82) is 0 Å². The maximum atomic E-state index is 5.28. The van der Waals surface area contributed by atoms with E-state index >= 15 is 0 Å². The van der Waals surface area contributed by atoms with Crippen LogP contribution in [0.25, 0.3) is 6.08 Å². The Hall–Kier alpha value is -1.44. The van der Waals surface area contributed by atoms with Crippen molar-refractivity contribution in [2.24, 2.45) is 0 Å². The Morgan fingerprint density at radius 1 is 1.12 bits per heavy atom. The Morgan fingerprint density at radius 2 is 1.94 bits per heavy atom. The molecule has 90 valence electrons. The first-order chi connectivity index (χ1) is 8.36.